The fourth-order valence-electron chi connectivity index (χ4n) is 5.96. The van der Waals surface area contributed by atoms with Gasteiger partial charge >= 0.3 is 0 Å². The summed E-state index contributed by atoms with van der Waals surface area (Å²) in [6.45, 7) is 0. The van der Waals surface area contributed by atoms with E-state index in [2.05, 4.69) is 15.3 Å². The Hall–Kier alpha value is -4.37. The van der Waals surface area contributed by atoms with E-state index in [1.807, 2.05) is 54.6 Å². The first kappa shape index (κ1) is 20.0. The third-order valence-corrected chi connectivity index (χ3v) is 7.27. The van der Waals surface area contributed by atoms with E-state index < -0.39 is 23.5 Å². The predicted octanol–water partition coefficient (Wildman–Crippen LogP) is 3.81. The lowest BCUT2D eigenvalue weighted by molar-refractivity contribution is -0.527. The number of rotatable bonds is 4. The van der Waals surface area contributed by atoms with Crippen molar-refractivity contribution in [3.05, 3.63) is 112 Å². The highest BCUT2D eigenvalue weighted by Crippen LogP contribution is 2.58. The summed E-state index contributed by atoms with van der Waals surface area (Å²) < 4.78 is 5.87. The van der Waals surface area contributed by atoms with Crippen molar-refractivity contribution in [1.82, 2.24) is 25.3 Å². The van der Waals surface area contributed by atoms with Gasteiger partial charge < -0.3 is 9.40 Å². The molecular formula is C26H20N6O3. The van der Waals surface area contributed by atoms with Crippen LogP contribution in [-0.4, -0.2) is 36.9 Å². The number of furan rings is 1. The zero-order chi connectivity index (χ0) is 23.6. The summed E-state index contributed by atoms with van der Waals surface area (Å²) in [5, 5.41) is 16.4. The number of para-hydroxylation sites is 2. The summed E-state index contributed by atoms with van der Waals surface area (Å²) in [7, 11) is 0. The van der Waals surface area contributed by atoms with E-state index in [4.69, 9.17) is 14.4 Å². The van der Waals surface area contributed by atoms with Gasteiger partial charge in [0.25, 0.3) is 0 Å². The van der Waals surface area contributed by atoms with Crippen molar-refractivity contribution in [2.45, 2.75) is 30.0 Å². The number of aromatic nitrogens is 4. The molecule has 1 aliphatic carbocycles. The molecule has 1 aliphatic heterocycles. The van der Waals surface area contributed by atoms with Crippen molar-refractivity contribution in [3.8, 4) is 11.3 Å². The van der Waals surface area contributed by atoms with E-state index in [0.717, 1.165) is 33.5 Å². The second-order valence-electron chi connectivity index (χ2n) is 9.06. The number of imidazole rings is 1. The van der Waals surface area contributed by atoms with Gasteiger partial charge in [0, 0.05) is 28.8 Å². The number of hydrogen-bond acceptors (Lipinski definition) is 7. The zero-order valence-electron chi connectivity index (χ0n) is 18.5. The van der Waals surface area contributed by atoms with Gasteiger partial charge in [0.2, 0.25) is 6.04 Å². The summed E-state index contributed by atoms with van der Waals surface area (Å²) in [6.07, 6.45) is 5.26. The summed E-state index contributed by atoms with van der Waals surface area (Å²) in [6, 6.07) is 17.8. The van der Waals surface area contributed by atoms with Crippen LogP contribution in [0.4, 0.5) is 0 Å². The summed E-state index contributed by atoms with van der Waals surface area (Å²) >= 11 is 0. The van der Waals surface area contributed by atoms with Crippen LogP contribution < -0.4 is 5.32 Å². The minimum absolute atomic E-state index is 0.189. The van der Waals surface area contributed by atoms with E-state index in [9.17, 15) is 10.1 Å². The maximum atomic E-state index is 12.7. The van der Waals surface area contributed by atoms with Gasteiger partial charge in [0.05, 0.1) is 41.1 Å². The van der Waals surface area contributed by atoms with Gasteiger partial charge in [-0.05, 0) is 29.8 Å². The third kappa shape index (κ3) is 2.75. The van der Waals surface area contributed by atoms with Crippen LogP contribution >= 0.6 is 0 Å². The average Bonchev–Trinajstić information content (AvgIpc) is 3.66. The quantitative estimate of drug-likeness (QED) is 0.306. The predicted molar refractivity (Wildman–Crippen MR) is 127 cm³/mol. The van der Waals surface area contributed by atoms with Crippen LogP contribution in [0.2, 0.25) is 0 Å². The van der Waals surface area contributed by atoms with E-state index in [0.29, 0.717) is 17.9 Å². The Labute approximate surface area is 199 Å². The lowest BCUT2D eigenvalue weighted by Crippen LogP contribution is -2.44. The van der Waals surface area contributed by atoms with E-state index in [1.54, 1.807) is 24.9 Å². The Morgan fingerprint density at radius 1 is 1.03 bits per heavy atom. The molecule has 4 atom stereocenters. The molecule has 7 rings (SSSR count). The van der Waals surface area contributed by atoms with Crippen molar-refractivity contribution in [1.29, 1.82) is 0 Å². The largest absolute Gasteiger partial charge is 0.469 e. The van der Waals surface area contributed by atoms with E-state index >= 15 is 0 Å². The molecule has 35 heavy (non-hydrogen) atoms. The second-order valence-corrected chi connectivity index (χ2v) is 9.06. The van der Waals surface area contributed by atoms with Crippen LogP contribution in [0.1, 0.15) is 28.6 Å². The molecule has 0 saturated carbocycles. The van der Waals surface area contributed by atoms with Crippen molar-refractivity contribution < 1.29 is 9.34 Å². The Morgan fingerprint density at radius 3 is 2.57 bits per heavy atom. The molecule has 4 heterocycles. The van der Waals surface area contributed by atoms with Gasteiger partial charge in [-0.1, -0.05) is 36.4 Å². The molecular weight excluding hydrogens is 444 g/mol. The van der Waals surface area contributed by atoms with Crippen LogP contribution in [0.5, 0.6) is 0 Å². The molecule has 0 amide bonds. The first-order valence-corrected chi connectivity index (χ1v) is 11.5. The first-order valence-electron chi connectivity index (χ1n) is 11.5. The summed E-state index contributed by atoms with van der Waals surface area (Å²) in [5.41, 5.74) is 4.65. The zero-order valence-corrected chi connectivity index (χ0v) is 18.5. The van der Waals surface area contributed by atoms with Gasteiger partial charge in [0.15, 0.2) is 0 Å². The molecule has 0 radical (unpaired) electrons. The Bertz CT molecular complexity index is 1570. The number of nitrogens with zero attached hydrogens (tertiary/aromatic N) is 4. The monoisotopic (exact) mass is 464 g/mol. The molecule has 5 aromatic rings. The Balaban J connectivity index is 1.53. The molecule has 1 saturated heterocycles. The maximum absolute atomic E-state index is 12.7. The van der Waals surface area contributed by atoms with E-state index in [1.165, 1.54) is 0 Å². The Kier molecular flexibility index (Phi) is 4.19. The second kappa shape index (κ2) is 7.31. The van der Waals surface area contributed by atoms with Gasteiger partial charge in [-0.3, -0.25) is 15.4 Å². The van der Waals surface area contributed by atoms with Crippen molar-refractivity contribution in [2.24, 2.45) is 0 Å². The molecule has 1 spiro atoms. The normalized spacial score (nSPS) is 24.6. The van der Waals surface area contributed by atoms with Crippen LogP contribution in [0.3, 0.4) is 0 Å². The fraction of sp³-hybridized carbons (Fsp3) is 0.192. The lowest BCUT2D eigenvalue weighted by Gasteiger charge is -2.31. The molecule has 2 N–H and O–H groups in total. The molecule has 4 unspecified atom stereocenters. The molecule has 2 aromatic carbocycles. The first-order chi connectivity index (χ1) is 17.2. The van der Waals surface area contributed by atoms with Crippen LogP contribution in [0.25, 0.3) is 22.3 Å². The highest BCUT2D eigenvalue weighted by Gasteiger charge is 2.66. The number of hydrogen-bond donors (Lipinski definition) is 2. The fourth-order valence-corrected chi connectivity index (χ4v) is 5.96. The molecule has 172 valence electrons. The summed E-state index contributed by atoms with van der Waals surface area (Å²) in [4.78, 5) is 29.8. The van der Waals surface area contributed by atoms with Gasteiger partial charge in [-0.15, -0.1) is 0 Å². The maximum Gasteiger partial charge on any atom is 0.240 e. The van der Waals surface area contributed by atoms with Gasteiger partial charge in [-0.25, -0.2) is 15.0 Å². The lowest BCUT2D eigenvalue weighted by atomic mass is 9.76. The number of H-pyrrole nitrogens is 1. The smallest absolute Gasteiger partial charge is 0.240 e. The standard InChI is InChI=1S/C26H20N6O3/c33-32(34)24-20(12-15-13-27-14-28-15)31-26(22(24)21-10-5-11-35-21)17-7-2-1-6-16(17)23-25(26)30-19-9-4-3-8-18(19)29-23/h1-11,13-14,20,22,24,31H,12H2,(H,27,28). The number of fused-ring (bicyclic) bond motifs is 6. The minimum Gasteiger partial charge on any atom is -0.469 e. The van der Waals surface area contributed by atoms with Crippen LogP contribution in [0, 0.1) is 10.1 Å². The third-order valence-electron chi connectivity index (χ3n) is 7.27. The van der Waals surface area contributed by atoms with Crippen molar-refractivity contribution in [2.75, 3.05) is 0 Å². The Morgan fingerprint density at radius 2 is 1.83 bits per heavy atom. The highest BCUT2D eigenvalue weighted by atomic mass is 16.6. The number of aromatic amines is 1. The van der Waals surface area contributed by atoms with Crippen molar-refractivity contribution >= 4 is 11.0 Å². The van der Waals surface area contributed by atoms with E-state index in [-0.39, 0.29) is 4.92 Å². The SMILES string of the molecule is O=[N+]([O-])C1C(Cc2cnc[nH]2)NC2(c3ccccc3-c3nc4ccccc4nc32)C1c1ccco1. The molecule has 9 nitrogen and oxygen atoms in total. The van der Waals surface area contributed by atoms with Crippen molar-refractivity contribution in [3.63, 3.8) is 0 Å². The number of nitro groups is 1. The number of benzene rings is 2. The van der Waals surface area contributed by atoms with Gasteiger partial charge in [0.1, 0.15) is 17.2 Å². The minimum atomic E-state index is -0.983. The number of nitrogens with one attached hydrogen (secondary N) is 2. The van der Waals surface area contributed by atoms with Crippen LogP contribution in [-0.2, 0) is 12.0 Å². The van der Waals surface area contributed by atoms with Crippen LogP contribution in [0.15, 0.2) is 83.9 Å². The topological polar surface area (TPSA) is 123 Å². The molecule has 2 aliphatic rings. The molecule has 3 aromatic heterocycles. The average molecular weight is 464 g/mol. The molecule has 9 heteroatoms. The molecule has 0 bridgehead atoms. The summed E-state index contributed by atoms with van der Waals surface area (Å²) in [5.74, 6) is -0.0952. The molecule has 1 fully saturated rings. The van der Waals surface area contributed by atoms with Gasteiger partial charge in [-0.2, -0.15) is 0 Å². The highest BCUT2D eigenvalue weighted by molar-refractivity contribution is 5.84.